The molecule has 0 spiro atoms. The lowest BCUT2D eigenvalue weighted by Gasteiger charge is -2.22. The molecule has 10 heteroatoms. The summed E-state index contributed by atoms with van der Waals surface area (Å²) >= 11 is 2.86. The van der Waals surface area contributed by atoms with Crippen molar-refractivity contribution >= 4 is 44.4 Å². The predicted octanol–water partition coefficient (Wildman–Crippen LogP) is 4.19. The summed E-state index contributed by atoms with van der Waals surface area (Å²) in [5.41, 5.74) is 4.00. The fourth-order valence-electron chi connectivity index (χ4n) is 3.83. The molecule has 4 aromatic rings. The Balaban J connectivity index is 1.37. The maximum atomic E-state index is 13.4. The van der Waals surface area contributed by atoms with Crippen LogP contribution in [0.4, 0.5) is 5.13 Å². The molecule has 33 heavy (non-hydrogen) atoms. The number of nitrogens with zero attached hydrogens (tertiary/aromatic N) is 6. The fourth-order valence-corrected chi connectivity index (χ4v) is 5.58. The number of para-hydroxylation sites is 1. The van der Waals surface area contributed by atoms with Crippen molar-refractivity contribution in [3.63, 3.8) is 0 Å². The van der Waals surface area contributed by atoms with E-state index in [0.29, 0.717) is 16.8 Å². The van der Waals surface area contributed by atoms with Gasteiger partial charge in [0, 0.05) is 6.61 Å². The highest BCUT2D eigenvalue weighted by molar-refractivity contribution is 7.99. The van der Waals surface area contributed by atoms with E-state index < -0.39 is 0 Å². The minimum absolute atomic E-state index is 0.0335. The van der Waals surface area contributed by atoms with Crippen molar-refractivity contribution in [1.82, 2.24) is 25.2 Å². The number of rotatable bonds is 7. The lowest BCUT2D eigenvalue weighted by atomic mass is 10.1. The highest BCUT2D eigenvalue weighted by Gasteiger charge is 2.27. The fraction of sp³-hybridized carbons (Fsp3) is 0.348. The first-order valence-electron chi connectivity index (χ1n) is 10.8. The number of thioether (sulfide) groups is 1. The molecule has 2 aromatic carbocycles. The molecule has 1 aliphatic rings. The molecule has 0 N–H and O–H groups in total. The van der Waals surface area contributed by atoms with Crippen LogP contribution in [0.5, 0.6) is 0 Å². The van der Waals surface area contributed by atoms with Gasteiger partial charge in [-0.2, -0.15) is 4.68 Å². The number of amides is 1. The van der Waals surface area contributed by atoms with Gasteiger partial charge in [-0.25, -0.2) is 4.98 Å². The first-order valence-corrected chi connectivity index (χ1v) is 12.6. The monoisotopic (exact) mass is 480 g/mol. The summed E-state index contributed by atoms with van der Waals surface area (Å²) in [4.78, 5) is 19.9. The van der Waals surface area contributed by atoms with E-state index in [2.05, 4.69) is 21.6 Å². The Morgan fingerprint density at radius 1 is 1.27 bits per heavy atom. The molecule has 1 saturated heterocycles. The molecule has 5 rings (SSSR count). The van der Waals surface area contributed by atoms with Crippen LogP contribution in [0.15, 0.2) is 47.6 Å². The van der Waals surface area contributed by atoms with Gasteiger partial charge in [-0.1, -0.05) is 47.4 Å². The molecule has 1 atom stereocenters. The molecule has 1 aliphatic heterocycles. The van der Waals surface area contributed by atoms with Crippen molar-refractivity contribution in [3.8, 4) is 5.69 Å². The van der Waals surface area contributed by atoms with Crippen molar-refractivity contribution < 1.29 is 9.53 Å². The third-order valence-electron chi connectivity index (χ3n) is 5.58. The maximum absolute atomic E-state index is 13.4. The highest BCUT2D eigenvalue weighted by Crippen LogP contribution is 2.31. The van der Waals surface area contributed by atoms with Gasteiger partial charge in [-0.3, -0.25) is 9.69 Å². The Bertz CT molecular complexity index is 1250. The number of benzene rings is 2. The summed E-state index contributed by atoms with van der Waals surface area (Å²) in [6, 6.07) is 14.1. The third kappa shape index (κ3) is 4.78. The van der Waals surface area contributed by atoms with Gasteiger partial charge in [0.25, 0.3) is 0 Å². The number of tetrazole rings is 1. The van der Waals surface area contributed by atoms with Crippen LogP contribution in [0.25, 0.3) is 15.9 Å². The van der Waals surface area contributed by atoms with Gasteiger partial charge in [-0.15, -0.1) is 5.10 Å². The third-order valence-corrected chi connectivity index (χ3v) is 7.55. The molecular formula is C23H24N6O2S2. The van der Waals surface area contributed by atoms with E-state index in [1.807, 2.05) is 50.2 Å². The molecule has 1 fully saturated rings. The van der Waals surface area contributed by atoms with Gasteiger partial charge < -0.3 is 4.74 Å². The average molecular weight is 481 g/mol. The Morgan fingerprint density at radius 2 is 2.15 bits per heavy atom. The topological polar surface area (TPSA) is 86.0 Å². The average Bonchev–Trinajstić information content (AvgIpc) is 3.57. The number of hydrogen-bond acceptors (Lipinski definition) is 8. The molecule has 0 aliphatic carbocycles. The second-order valence-corrected chi connectivity index (χ2v) is 10.0. The number of hydrogen-bond donors (Lipinski definition) is 0. The number of ether oxygens (including phenoxy) is 1. The molecule has 2 aromatic heterocycles. The number of carbonyl (C=O) groups is 1. The van der Waals surface area contributed by atoms with Crippen molar-refractivity contribution in [2.45, 2.75) is 37.9 Å². The molecular weight excluding hydrogens is 456 g/mol. The lowest BCUT2D eigenvalue weighted by molar-refractivity contribution is -0.116. The van der Waals surface area contributed by atoms with Crippen molar-refractivity contribution in [1.29, 1.82) is 0 Å². The number of aromatic nitrogens is 5. The van der Waals surface area contributed by atoms with E-state index in [4.69, 9.17) is 9.72 Å². The molecule has 170 valence electrons. The van der Waals surface area contributed by atoms with E-state index in [-0.39, 0.29) is 17.8 Å². The van der Waals surface area contributed by atoms with E-state index in [1.54, 1.807) is 9.58 Å². The van der Waals surface area contributed by atoms with Crippen LogP contribution in [0, 0.1) is 13.8 Å². The van der Waals surface area contributed by atoms with Crippen LogP contribution in [0.1, 0.15) is 24.0 Å². The van der Waals surface area contributed by atoms with Gasteiger partial charge in [0.05, 0.1) is 34.3 Å². The molecule has 0 bridgehead atoms. The Hall–Kier alpha value is -2.82. The minimum Gasteiger partial charge on any atom is -0.376 e. The van der Waals surface area contributed by atoms with E-state index in [0.717, 1.165) is 46.5 Å². The Kier molecular flexibility index (Phi) is 6.39. The molecule has 0 saturated carbocycles. The van der Waals surface area contributed by atoms with Crippen LogP contribution in [0.2, 0.25) is 0 Å². The molecule has 8 nitrogen and oxygen atoms in total. The number of thiazole rings is 1. The van der Waals surface area contributed by atoms with Crippen molar-refractivity contribution in [2.75, 3.05) is 23.8 Å². The first kappa shape index (κ1) is 22.0. The van der Waals surface area contributed by atoms with E-state index >= 15 is 0 Å². The Morgan fingerprint density at radius 3 is 2.97 bits per heavy atom. The van der Waals surface area contributed by atoms with Gasteiger partial charge in [-0.05, 0) is 66.4 Å². The van der Waals surface area contributed by atoms with Gasteiger partial charge >= 0.3 is 0 Å². The zero-order valence-electron chi connectivity index (χ0n) is 18.5. The van der Waals surface area contributed by atoms with Crippen molar-refractivity contribution in [3.05, 3.63) is 53.6 Å². The van der Waals surface area contributed by atoms with Gasteiger partial charge in [0.1, 0.15) is 0 Å². The summed E-state index contributed by atoms with van der Waals surface area (Å²) < 4.78 is 8.58. The van der Waals surface area contributed by atoms with Gasteiger partial charge in [0.15, 0.2) is 5.13 Å². The largest absolute Gasteiger partial charge is 0.376 e. The van der Waals surface area contributed by atoms with Crippen LogP contribution < -0.4 is 4.90 Å². The summed E-state index contributed by atoms with van der Waals surface area (Å²) in [7, 11) is 0. The number of anilines is 1. The Labute approximate surface area is 200 Å². The van der Waals surface area contributed by atoms with E-state index in [1.165, 1.54) is 23.1 Å². The van der Waals surface area contributed by atoms with Crippen molar-refractivity contribution in [2.24, 2.45) is 0 Å². The summed E-state index contributed by atoms with van der Waals surface area (Å²) in [6.45, 7) is 5.30. The standard InChI is InChI=1S/C23H24N6O2S2/c1-15-9-10-16(2)19(12-15)29-23(25-26-27-29)32-14-21(30)28(13-17-6-5-11-31-17)22-24-18-7-3-4-8-20(18)33-22/h3-4,7-10,12,17H,5-6,11,13-14H2,1-2H3/t17-/m1/s1. The molecule has 0 radical (unpaired) electrons. The van der Waals surface area contributed by atoms with Gasteiger partial charge in [0.2, 0.25) is 11.1 Å². The molecule has 1 amide bonds. The zero-order valence-corrected chi connectivity index (χ0v) is 20.1. The SMILES string of the molecule is Cc1ccc(C)c(-n2nnnc2SCC(=O)N(C[C@H]2CCCO2)c2nc3ccccc3s2)c1. The van der Waals surface area contributed by atoms with E-state index in [9.17, 15) is 4.79 Å². The number of aryl methyl sites for hydroxylation is 2. The summed E-state index contributed by atoms with van der Waals surface area (Å²) in [5.74, 6) is 0.165. The van der Waals surface area contributed by atoms with Crippen LogP contribution >= 0.6 is 23.1 Å². The predicted molar refractivity (Wildman–Crippen MR) is 130 cm³/mol. The first-order chi connectivity index (χ1) is 16.1. The smallest absolute Gasteiger partial charge is 0.239 e. The minimum atomic E-state index is -0.0370. The lowest BCUT2D eigenvalue weighted by Crippen LogP contribution is -2.38. The number of fused-ring (bicyclic) bond motifs is 1. The van der Waals surface area contributed by atoms with Crippen LogP contribution in [-0.4, -0.2) is 56.1 Å². The van der Waals surface area contributed by atoms with Crippen LogP contribution in [0.3, 0.4) is 0 Å². The normalized spacial score (nSPS) is 15.9. The second-order valence-electron chi connectivity index (χ2n) is 8.06. The van der Waals surface area contributed by atoms with Crippen LogP contribution in [-0.2, 0) is 9.53 Å². The quantitative estimate of drug-likeness (QED) is 0.367. The number of carbonyl (C=O) groups excluding carboxylic acids is 1. The highest BCUT2D eigenvalue weighted by atomic mass is 32.2. The molecule has 3 heterocycles. The summed E-state index contributed by atoms with van der Waals surface area (Å²) in [5, 5.41) is 13.5. The zero-order chi connectivity index (χ0) is 22.8. The molecule has 0 unspecified atom stereocenters. The summed E-state index contributed by atoms with van der Waals surface area (Å²) in [6.07, 6.45) is 2.00. The maximum Gasteiger partial charge on any atom is 0.239 e. The second kappa shape index (κ2) is 9.58.